The van der Waals surface area contributed by atoms with E-state index >= 15 is 0 Å². The first-order valence-corrected chi connectivity index (χ1v) is 31.1. The Kier molecular flexibility index (Phi) is 30.5. The van der Waals surface area contributed by atoms with E-state index in [1.54, 1.807) is 12.1 Å². The van der Waals surface area contributed by atoms with E-state index in [0.29, 0.717) is 0 Å². The topological polar surface area (TPSA) is 145 Å². The Labute approximate surface area is 473 Å². The third kappa shape index (κ3) is 23.5. The average molecular weight is 1070 g/mol. The first kappa shape index (κ1) is 62.7. The third-order valence-electron chi connectivity index (χ3n) is 14.6. The van der Waals surface area contributed by atoms with Crippen LogP contribution in [0.3, 0.4) is 0 Å². The van der Waals surface area contributed by atoms with Crippen molar-refractivity contribution in [2.24, 2.45) is 0 Å². The molecule has 4 aromatic carbocycles. The molecule has 400 valence electrons. The Bertz CT molecular complexity index is 2160. The molecule has 0 amide bonds. The van der Waals surface area contributed by atoms with Crippen LogP contribution in [0.5, 0.6) is 0 Å². The molecule has 0 bridgehead atoms. The van der Waals surface area contributed by atoms with Gasteiger partial charge in [-0.05, 0) is 73.2 Å². The van der Waals surface area contributed by atoms with E-state index in [1.807, 2.05) is 36.4 Å². The Hall–Kier alpha value is -2.84. The smallest absolute Gasteiger partial charge is 0.744 e. The fourth-order valence-electron chi connectivity index (χ4n) is 10.4. The van der Waals surface area contributed by atoms with Crippen LogP contribution in [0.1, 0.15) is 218 Å². The number of nitrogens with one attached hydrogen (secondary N) is 2. The van der Waals surface area contributed by atoms with Crippen LogP contribution < -0.4 is 20.4 Å². The number of hydrogen-bond donors (Lipinski definition) is 2. The molecule has 13 heteroatoms. The molecule has 0 aliphatic carbocycles. The van der Waals surface area contributed by atoms with Crippen molar-refractivity contribution in [2.75, 3.05) is 20.4 Å². The second kappa shape index (κ2) is 35.5. The molecule has 2 atom stereocenters. The molecule has 2 heterocycles. The number of nitrogens with zero attached hydrogens (tertiary/aromatic N) is 2. The minimum Gasteiger partial charge on any atom is -0.744 e. The zero-order valence-electron chi connectivity index (χ0n) is 44.9. The van der Waals surface area contributed by atoms with Gasteiger partial charge < -0.3 is 29.5 Å². The molecule has 0 saturated carbocycles. The van der Waals surface area contributed by atoms with Crippen LogP contribution >= 0.6 is 0 Å². The van der Waals surface area contributed by atoms with E-state index in [1.165, 1.54) is 202 Å². The summed E-state index contributed by atoms with van der Waals surface area (Å²) in [6, 6.07) is 30.0. The van der Waals surface area contributed by atoms with E-state index in [9.17, 15) is 25.9 Å². The Balaban J connectivity index is 0.000000312. The maximum Gasteiger partial charge on any atom is 2.00 e. The molecule has 0 fully saturated rings. The summed E-state index contributed by atoms with van der Waals surface area (Å²) in [5, 5.41) is 6.97. The number of hydrogen-bond acceptors (Lipinski definition) is 10. The second-order valence-corrected chi connectivity index (χ2v) is 23.3. The predicted octanol–water partition coefficient (Wildman–Crippen LogP) is 16.1. The normalized spacial score (nSPS) is 15.0. The Morgan fingerprint density at radius 1 is 0.397 bits per heavy atom. The molecule has 0 radical (unpaired) electrons. The van der Waals surface area contributed by atoms with Gasteiger partial charge in [0, 0.05) is 13.1 Å². The number of unbranched alkanes of at least 4 members (excludes halogenated alkanes) is 26. The SMILES string of the molecule is CCCCCCCCCCCCCCCCC1Nc2cc(S(=O)(=O)[O-])ccc2N1Cc1ccccc1.CCCCCCCCCCCCCCCCC1Nc2cc(S(=O)(=O)[O-])ccc2N1Cc1ccccc1.[Ca+2]. The summed E-state index contributed by atoms with van der Waals surface area (Å²) >= 11 is 0. The minimum absolute atomic E-state index is 0. The van der Waals surface area contributed by atoms with Crippen LogP contribution in [0.4, 0.5) is 22.7 Å². The molecule has 2 N–H and O–H groups in total. The van der Waals surface area contributed by atoms with Crippen LogP contribution in [0.25, 0.3) is 0 Å². The van der Waals surface area contributed by atoms with Gasteiger partial charge in [0.1, 0.15) is 20.2 Å². The molecule has 0 saturated heterocycles. The molecular formula is C60H90CaN4O6S2. The van der Waals surface area contributed by atoms with Gasteiger partial charge in [-0.25, -0.2) is 16.8 Å². The molecule has 2 aliphatic heterocycles. The number of anilines is 4. The van der Waals surface area contributed by atoms with E-state index in [2.05, 4.69) is 58.5 Å². The van der Waals surface area contributed by atoms with Crippen LogP contribution in [-0.4, -0.2) is 76.0 Å². The number of rotatable bonds is 36. The monoisotopic (exact) mass is 1070 g/mol. The number of benzene rings is 4. The van der Waals surface area contributed by atoms with Gasteiger partial charge in [-0.1, -0.05) is 241 Å². The summed E-state index contributed by atoms with van der Waals surface area (Å²) in [5.74, 6) is 0. The molecule has 4 aromatic rings. The summed E-state index contributed by atoms with van der Waals surface area (Å²) in [5.41, 5.74) is 5.80. The molecule has 10 nitrogen and oxygen atoms in total. The summed E-state index contributed by atoms with van der Waals surface area (Å²) in [7, 11) is -8.94. The summed E-state index contributed by atoms with van der Waals surface area (Å²) in [6.45, 7) is 6.03. The van der Waals surface area contributed by atoms with Crippen LogP contribution in [0.15, 0.2) is 107 Å². The third-order valence-corrected chi connectivity index (χ3v) is 16.2. The molecule has 73 heavy (non-hydrogen) atoms. The van der Waals surface area contributed by atoms with Gasteiger partial charge in [-0.15, -0.1) is 0 Å². The van der Waals surface area contributed by atoms with Gasteiger partial charge in [0.05, 0.1) is 44.9 Å². The standard InChI is InChI=1S/2C30H46N2O3S.Ca/c2*1-2-3-4-5-6-7-8-9-10-11-12-13-14-18-21-30-31-28-24-27(36(33,34)35)22-23-29(28)32(30)25-26-19-16-15-17-20-26;/h2*15-17,19-20,22-24,30-31H,2-14,18,21,25H2,1H3,(H,33,34,35);/q;;+2/p-2. The molecule has 2 unspecified atom stereocenters. The van der Waals surface area contributed by atoms with E-state index in [0.717, 1.165) is 61.5 Å². The van der Waals surface area contributed by atoms with Gasteiger partial charge in [-0.3, -0.25) is 0 Å². The van der Waals surface area contributed by atoms with Gasteiger partial charge in [0.25, 0.3) is 0 Å². The fourth-order valence-corrected chi connectivity index (χ4v) is 11.4. The molecule has 2 aliphatic rings. The maximum absolute atomic E-state index is 11.5. The number of fused-ring (bicyclic) bond motifs is 2. The van der Waals surface area contributed by atoms with Crippen molar-refractivity contribution in [3.05, 3.63) is 108 Å². The first-order valence-electron chi connectivity index (χ1n) is 28.3. The Morgan fingerprint density at radius 2 is 0.671 bits per heavy atom. The first-order chi connectivity index (χ1) is 35.0. The van der Waals surface area contributed by atoms with Crippen LogP contribution in [-0.2, 0) is 33.3 Å². The van der Waals surface area contributed by atoms with Crippen LogP contribution in [0.2, 0.25) is 0 Å². The predicted molar refractivity (Wildman–Crippen MR) is 304 cm³/mol. The van der Waals surface area contributed by atoms with Gasteiger partial charge in [-0.2, -0.15) is 0 Å². The van der Waals surface area contributed by atoms with Crippen molar-refractivity contribution >= 4 is 80.7 Å². The van der Waals surface area contributed by atoms with Crippen molar-refractivity contribution in [3.63, 3.8) is 0 Å². The maximum atomic E-state index is 11.5. The van der Waals surface area contributed by atoms with Crippen molar-refractivity contribution < 1.29 is 25.9 Å². The minimum atomic E-state index is -4.47. The summed E-state index contributed by atoms with van der Waals surface area (Å²) in [4.78, 5) is 4.25. The summed E-state index contributed by atoms with van der Waals surface area (Å²) in [6.07, 6.45) is 39.7. The Morgan fingerprint density at radius 3 is 0.945 bits per heavy atom. The zero-order valence-corrected chi connectivity index (χ0v) is 48.7. The average Bonchev–Trinajstić information content (AvgIpc) is 3.89. The van der Waals surface area contributed by atoms with E-state index in [-0.39, 0.29) is 59.9 Å². The fraction of sp³-hybridized carbons (Fsp3) is 0.600. The second-order valence-electron chi connectivity index (χ2n) is 20.6. The zero-order chi connectivity index (χ0) is 51.3. The molecular weight excluding hydrogens is 977 g/mol. The van der Waals surface area contributed by atoms with Crippen molar-refractivity contribution in [2.45, 2.75) is 242 Å². The van der Waals surface area contributed by atoms with Crippen LogP contribution in [0, 0.1) is 0 Å². The van der Waals surface area contributed by atoms with E-state index < -0.39 is 20.2 Å². The summed E-state index contributed by atoms with van der Waals surface area (Å²) < 4.78 is 69.1. The molecule has 0 aromatic heterocycles. The van der Waals surface area contributed by atoms with Gasteiger partial charge >= 0.3 is 37.7 Å². The van der Waals surface area contributed by atoms with Gasteiger partial charge in [0.15, 0.2) is 0 Å². The molecule has 0 spiro atoms. The van der Waals surface area contributed by atoms with Crippen molar-refractivity contribution in [1.29, 1.82) is 0 Å². The van der Waals surface area contributed by atoms with Crippen molar-refractivity contribution in [1.82, 2.24) is 0 Å². The molecule has 6 rings (SSSR count). The largest absolute Gasteiger partial charge is 2.00 e. The van der Waals surface area contributed by atoms with E-state index in [4.69, 9.17) is 0 Å². The van der Waals surface area contributed by atoms with Crippen molar-refractivity contribution in [3.8, 4) is 0 Å². The quantitative estimate of drug-likeness (QED) is 0.0256. The van der Waals surface area contributed by atoms with Gasteiger partial charge in [0.2, 0.25) is 0 Å².